The summed E-state index contributed by atoms with van der Waals surface area (Å²) in [4.78, 5) is 22.7. The van der Waals surface area contributed by atoms with Crippen molar-refractivity contribution in [3.8, 4) is 5.75 Å². The minimum Gasteiger partial charge on any atom is -0.497 e. The first-order valence-corrected chi connectivity index (χ1v) is 10.2. The Morgan fingerprint density at radius 3 is 2.69 bits per heavy atom. The van der Waals surface area contributed by atoms with Gasteiger partial charge in [0.2, 0.25) is 0 Å². The maximum atomic E-state index is 12.9. The largest absolute Gasteiger partial charge is 0.497 e. The molecule has 3 aromatic rings. The quantitative estimate of drug-likeness (QED) is 0.727. The van der Waals surface area contributed by atoms with Crippen molar-refractivity contribution in [2.24, 2.45) is 0 Å². The Morgan fingerprint density at radius 2 is 1.86 bits per heavy atom. The molecule has 0 radical (unpaired) electrons. The van der Waals surface area contributed by atoms with E-state index in [0.29, 0.717) is 6.54 Å². The highest BCUT2D eigenvalue weighted by Crippen LogP contribution is 2.25. The molecule has 2 aromatic carbocycles. The fourth-order valence-corrected chi connectivity index (χ4v) is 4.57. The number of hydrogen-bond donors (Lipinski definition) is 1. The second-order valence-corrected chi connectivity index (χ2v) is 7.95. The topological polar surface area (TPSA) is 51.8 Å². The van der Waals surface area contributed by atoms with Crippen LogP contribution in [0.1, 0.15) is 11.1 Å². The van der Waals surface area contributed by atoms with Crippen LogP contribution in [0.2, 0.25) is 0 Å². The number of hydrogen-bond acceptors (Lipinski definition) is 3. The van der Waals surface area contributed by atoms with Crippen LogP contribution in [-0.4, -0.2) is 65.0 Å². The Morgan fingerprint density at radius 1 is 1.03 bits per heavy atom. The molecule has 29 heavy (non-hydrogen) atoms. The van der Waals surface area contributed by atoms with Crippen LogP contribution in [0.3, 0.4) is 0 Å². The Kier molecular flexibility index (Phi) is 4.64. The van der Waals surface area contributed by atoms with Crippen molar-refractivity contribution >= 4 is 16.9 Å². The fraction of sp³-hybridized carbons (Fsp3) is 0.348. The predicted octanol–water partition coefficient (Wildman–Crippen LogP) is 3.30. The van der Waals surface area contributed by atoms with Gasteiger partial charge < -0.3 is 19.5 Å². The van der Waals surface area contributed by atoms with Gasteiger partial charge in [0.25, 0.3) is 0 Å². The molecule has 2 aliphatic heterocycles. The molecule has 3 heterocycles. The number of aromatic nitrogens is 1. The molecule has 2 aliphatic rings. The minimum absolute atomic E-state index is 0.164. The first kappa shape index (κ1) is 18.1. The molecule has 6 heteroatoms. The van der Waals surface area contributed by atoms with Gasteiger partial charge in [0.15, 0.2) is 0 Å². The van der Waals surface area contributed by atoms with Gasteiger partial charge in [-0.25, -0.2) is 4.79 Å². The maximum absolute atomic E-state index is 12.9. The van der Waals surface area contributed by atoms with E-state index >= 15 is 0 Å². The average Bonchev–Trinajstić information content (AvgIpc) is 3.30. The number of nitrogens with one attached hydrogen (secondary N) is 1. The highest BCUT2D eigenvalue weighted by Gasteiger charge is 2.40. The number of methoxy groups -OCH3 is 1. The van der Waals surface area contributed by atoms with E-state index in [1.807, 2.05) is 29.2 Å². The summed E-state index contributed by atoms with van der Waals surface area (Å²) in [7, 11) is 1.67. The molecular weight excluding hydrogens is 364 g/mol. The molecule has 2 saturated heterocycles. The molecule has 2 amide bonds. The van der Waals surface area contributed by atoms with Gasteiger partial charge in [0.1, 0.15) is 5.75 Å². The highest BCUT2D eigenvalue weighted by atomic mass is 16.5. The van der Waals surface area contributed by atoms with E-state index in [0.717, 1.165) is 44.0 Å². The number of rotatable bonds is 5. The molecule has 6 nitrogen and oxygen atoms in total. The third-order valence-electron chi connectivity index (χ3n) is 6.12. The molecule has 0 spiro atoms. The third-order valence-corrected chi connectivity index (χ3v) is 6.12. The van der Waals surface area contributed by atoms with Crippen LogP contribution in [-0.2, 0) is 13.1 Å². The molecule has 2 fully saturated rings. The van der Waals surface area contributed by atoms with Gasteiger partial charge in [0.05, 0.1) is 13.2 Å². The van der Waals surface area contributed by atoms with Crippen LogP contribution in [0.4, 0.5) is 4.79 Å². The van der Waals surface area contributed by atoms with Gasteiger partial charge in [-0.3, -0.25) is 4.90 Å². The summed E-state index contributed by atoms with van der Waals surface area (Å²) in [5.41, 5.74) is 3.64. The summed E-state index contributed by atoms with van der Waals surface area (Å²) in [5, 5.41) is 1.29. The van der Waals surface area contributed by atoms with Crippen molar-refractivity contribution < 1.29 is 9.53 Å². The molecule has 1 aromatic heterocycles. The van der Waals surface area contributed by atoms with Gasteiger partial charge in [-0.05, 0) is 29.3 Å². The van der Waals surface area contributed by atoms with Gasteiger partial charge in [-0.2, -0.15) is 0 Å². The predicted molar refractivity (Wildman–Crippen MR) is 113 cm³/mol. The zero-order valence-corrected chi connectivity index (χ0v) is 16.7. The van der Waals surface area contributed by atoms with Crippen LogP contribution < -0.4 is 4.74 Å². The van der Waals surface area contributed by atoms with Crippen LogP contribution in [0.15, 0.2) is 54.7 Å². The third kappa shape index (κ3) is 3.44. The Bertz CT molecular complexity index is 1010. The number of amides is 2. The smallest absolute Gasteiger partial charge is 0.320 e. The number of ether oxygens (including phenoxy) is 1. The van der Waals surface area contributed by atoms with E-state index in [1.165, 1.54) is 16.5 Å². The van der Waals surface area contributed by atoms with Crippen LogP contribution in [0.25, 0.3) is 10.9 Å². The van der Waals surface area contributed by atoms with E-state index in [2.05, 4.69) is 45.2 Å². The number of benzene rings is 2. The summed E-state index contributed by atoms with van der Waals surface area (Å²) in [6.07, 6.45) is 2.12. The summed E-state index contributed by atoms with van der Waals surface area (Å²) in [6.45, 7) is 4.99. The van der Waals surface area contributed by atoms with Crippen molar-refractivity contribution in [3.05, 3.63) is 65.9 Å². The van der Waals surface area contributed by atoms with E-state index in [4.69, 9.17) is 4.74 Å². The molecule has 0 unspecified atom stereocenters. The van der Waals surface area contributed by atoms with E-state index < -0.39 is 0 Å². The molecule has 150 valence electrons. The second kappa shape index (κ2) is 7.44. The van der Waals surface area contributed by atoms with Crippen molar-refractivity contribution in [1.29, 1.82) is 0 Å². The van der Waals surface area contributed by atoms with Gasteiger partial charge >= 0.3 is 6.03 Å². The summed E-state index contributed by atoms with van der Waals surface area (Å²) in [5.74, 6) is 0.840. The van der Waals surface area contributed by atoms with Crippen molar-refractivity contribution in [3.63, 3.8) is 0 Å². The molecule has 0 aliphatic carbocycles. The number of urea groups is 1. The number of aromatic amines is 1. The lowest BCUT2D eigenvalue weighted by molar-refractivity contribution is 0.116. The monoisotopic (exact) mass is 390 g/mol. The van der Waals surface area contributed by atoms with E-state index in [9.17, 15) is 4.79 Å². The lowest BCUT2D eigenvalue weighted by Gasteiger charge is -2.36. The first-order valence-electron chi connectivity index (χ1n) is 10.2. The number of H-pyrrole nitrogens is 1. The van der Waals surface area contributed by atoms with Crippen LogP contribution in [0, 0.1) is 0 Å². The number of para-hydroxylation sites is 1. The Hall–Kier alpha value is -2.99. The fourth-order valence-electron chi connectivity index (χ4n) is 4.57. The zero-order chi connectivity index (χ0) is 19.8. The molecular formula is C23H26N4O2. The van der Waals surface area contributed by atoms with Gasteiger partial charge in [-0.15, -0.1) is 0 Å². The SMILES string of the molecule is COc1ccc(CN2C[C@H]3CN(Cc4c[nH]c5ccccc45)CCN3C2=O)cc1. The molecule has 1 N–H and O–H groups in total. The molecule has 1 atom stereocenters. The lowest BCUT2D eigenvalue weighted by Crippen LogP contribution is -2.51. The van der Waals surface area contributed by atoms with Crippen LogP contribution >= 0.6 is 0 Å². The lowest BCUT2D eigenvalue weighted by atomic mass is 10.1. The molecule has 0 bridgehead atoms. The number of carbonyl (C=O) groups is 1. The van der Waals surface area contributed by atoms with Gasteiger partial charge in [-0.1, -0.05) is 30.3 Å². The minimum atomic E-state index is 0.164. The summed E-state index contributed by atoms with van der Waals surface area (Å²) >= 11 is 0. The summed E-state index contributed by atoms with van der Waals surface area (Å²) < 4.78 is 5.22. The van der Waals surface area contributed by atoms with Crippen molar-refractivity contribution in [2.45, 2.75) is 19.1 Å². The Balaban J connectivity index is 1.24. The second-order valence-electron chi connectivity index (χ2n) is 7.95. The first-order chi connectivity index (χ1) is 14.2. The summed E-state index contributed by atoms with van der Waals surface area (Å²) in [6, 6.07) is 16.8. The molecule has 0 saturated carbocycles. The van der Waals surface area contributed by atoms with Crippen LogP contribution in [0.5, 0.6) is 5.75 Å². The number of carbonyl (C=O) groups excluding carboxylic acids is 1. The van der Waals surface area contributed by atoms with Crippen molar-refractivity contribution in [1.82, 2.24) is 19.7 Å². The number of fused-ring (bicyclic) bond motifs is 2. The number of piperazine rings is 1. The standard InChI is InChI=1S/C23H26N4O2/c1-29-20-8-6-17(7-9-20)13-26-16-19-15-25(10-11-27(19)23(26)28)14-18-12-24-22-5-3-2-4-21(18)22/h2-9,12,19,24H,10-11,13-16H2,1H3/t19-/m1/s1. The van der Waals surface area contributed by atoms with E-state index in [1.54, 1.807) is 7.11 Å². The number of nitrogens with zero attached hydrogens (tertiary/aromatic N) is 3. The zero-order valence-electron chi connectivity index (χ0n) is 16.7. The maximum Gasteiger partial charge on any atom is 0.320 e. The Labute approximate surface area is 170 Å². The highest BCUT2D eigenvalue weighted by molar-refractivity contribution is 5.83. The van der Waals surface area contributed by atoms with Crippen molar-refractivity contribution in [2.75, 3.05) is 33.3 Å². The normalized spacial score (nSPS) is 19.8. The van der Waals surface area contributed by atoms with Gasteiger partial charge in [0, 0.05) is 56.4 Å². The molecule has 5 rings (SSSR count). The average molecular weight is 390 g/mol. The van der Waals surface area contributed by atoms with E-state index in [-0.39, 0.29) is 12.1 Å².